The summed E-state index contributed by atoms with van der Waals surface area (Å²) in [5.74, 6) is 1.50. The summed E-state index contributed by atoms with van der Waals surface area (Å²) in [5, 5.41) is 3.48. The highest BCUT2D eigenvalue weighted by Crippen LogP contribution is 2.24. The number of hydrogen-bond acceptors (Lipinski definition) is 5. The number of ether oxygens (including phenoxy) is 1. The first-order valence-corrected chi connectivity index (χ1v) is 10.8. The molecular formula is C23H27N3O2S. The predicted molar refractivity (Wildman–Crippen MR) is 117 cm³/mol. The van der Waals surface area contributed by atoms with Crippen LogP contribution in [0.15, 0.2) is 48.5 Å². The fourth-order valence-electron chi connectivity index (χ4n) is 2.87. The van der Waals surface area contributed by atoms with Crippen LogP contribution in [-0.2, 0) is 17.6 Å². The molecule has 0 radical (unpaired) electrons. The maximum absolute atomic E-state index is 12.0. The lowest BCUT2D eigenvalue weighted by Crippen LogP contribution is -2.26. The second kappa shape index (κ2) is 10.7. The van der Waals surface area contributed by atoms with Gasteiger partial charge in [0.05, 0.1) is 6.42 Å². The van der Waals surface area contributed by atoms with Gasteiger partial charge in [0.2, 0.25) is 5.91 Å². The third-order valence-corrected chi connectivity index (χ3v) is 5.16. The molecule has 0 fully saturated rings. The van der Waals surface area contributed by atoms with Gasteiger partial charge in [-0.3, -0.25) is 4.79 Å². The van der Waals surface area contributed by atoms with E-state index in [1.165, 1.54) is 22.7 Å². The molecule has 152 valence electrons. The number of carbonyl (C=O) groups is 1. The Morgan fingerprint density at radius 1 is 1.03 bits per heavy atom. The standard InChI is InChI=1S/C23H27N3O2S/c1-3-4-5-14-24-22(27)16-19-10-12-20(13-11-19)28-23-25-21(26-29-23)15-18-8-6-17(2)7-9-18/h6-13H,3-5,14-16H2,1-2H3,(H,24,27). The minimum Gasteiger partial charge on any atom is -0.430 e. The van der Waals surface area contributed by atoms with Crippen molar-refractivity contribution in [2.75, 3.05) is 6.54 Å². The Morgan fingerprint density at radius 2 is 1.76 bits per heavy atom. The van der Waals surface area contributed by atoms with Crippen LogP contribution in [0.4, 0.5) is 0 Å². The number of nitrogens with zero attached hydrogens (tertiary/aromatic N) is 2. The highest BCUT2D eigenvalue weighted by atomic mass is 32.1. The van der Waals surface area contributed by atoms with Crippen molar-refractivity contribution in [2.24, 2.45) is 0 Å². The van der Waals surface area contributed by atoms with Crippen molar-refractivity contribution in [2.45, 2.75) is 46.0 Å². The summed E-state index contributed by atoms with van der Waals surface area (Å²) >= 11 is 1.25. The highest BCUT2D eigenvalue weighted by Gasteiger charge is 2.08. The van der Waals surface area contributed by atoms with E-state index in [-0.39, 0.29) is 5.91 Å². The lowest BCUT2D eigenvalue weighted by atomic mass is 10.1. The molecule has 0 bridgehead atoms. The van der Waals surface area contributed by atoms with Gasteiger partial charge >= 0.3 is 0 Å². The number of aromatic nitrogens is 2. The van der Waals surface area contributed by atoms with E-state index in [0.717, 1.165) is 37.2 Å². The van der Waals surface area contributed by atoms with Crippen LogP contribution in [0.25, 0.3) is 0 Å². The molecule has 3 rings (SSSR count). The van der Waals surface area contributed by atoms with Gasteiger partial charge in [-0.05, 0) is 36.6 Å². The predicted octanol–water partition coefficient (Wildman–Crippen LogP) is 5.08. The summed E-state index contributed by atoms with van der Waals surface area (Å²) in [6.45, 7) is 4.97. The zero-order valence-corrected chi connectivity index (χ0v) is 17.8. The molecule has 5 nitrogen and oxygen atoms in total. The first kappa shape index (κ1) is 21.0. The van der Waals surface area contributed by atoms with Crippen LogP contribution in [0, 0.1) is 6.92 Å². The number of hydrogen-bond donors (Lipinski definition) is 1. The molecule has 1 heterocycles. The molecule has 3 aromatic rings. The maximum Gasteiger partial charge on any atom is 0.298 e. The summed E-state index contributed by atoms with van der Waals surface area (Å²) in [4.78, 5) is 16.4. The molecule has 0 atom stereocenters. The topological polar surface area (TPSA) is 64.1 Å². The normalized spacial score (nSPS) is 10.7. The number of amides is 1. The second-order valence-electron chi connectivity index (χ2n) is 7.12. The fourth-order valence-corrected chi connectivity index (χ4v) is 3.44. The minimum atomic E-state index is 0.0552. The lowest BCUT2D eigenvalue weighted by Gasteiger charge is -2.06. The first-order valence-electron chi connectivity index (χ1n) is 10.0. The molecule has 1 aromatic heterocycles. The van der Waals surface area contributed by atoms with Crippen LogP contribution < -0.4 is 10.1 Å². The Labute approximate surface area is 176 Å². The molecule has 0 saturated carbocycles. The van der Waals surface area contributed by atoms with E-state index in [1.807, 2.05) is 24.3 Å². The van der Waals surface area contributed by atoms with E-state index in [0.29, 0.717) is 23.8 Å². The number of unbranched alkanes of at least 4 members (excludes halogenated alkanes) is 2. The average molecular weight is 410 g/mol. The zero-order chi connectivity index (χ0) is 20.5. The number of nitrogens with one attached hydrogen (secondary N) is 1. The van der Waals surface area contributed by atoms with Gasteiger partial charge in [-0.15, -0.1) is 0 Å². The van der Waals surface area contributed by atoms with E-state index < -0.39 is 0 Å². The van der Waals surface area contributed by atoms with Crippen molar-refractivity contribution < 1.29 is 9.53 Å². The van der Waals surface area contributed by atoms with Crippen LogP contribution in [0.3, 0.4) is 0 Å². The third-order valence-electron chi connectivity index (χ3n) is 4.53. The molecule has 1 N–H and O–H groups in total. The second-order valence-corrected chi connectivity index (χ2v) is 7.83. The van der Waals surface area contributed by atoms with Gasteiger partial charge in [-0.25, -0.2) is 0 Å². The Morgan fingerprint density at radius 3 is 2.48 bits per heavy atom. The van der Waals surface area contributed by atoms with Crippen LogP contribution in [0.1, 0.15) is 48.7 Å². The van der Waals surface area contributed by atoms with E-state index in [9.17, 15) is 4.79 Å². The van der Waals surface area contributed by atoms with Gasteiger partial charge in [-0.1, -0.05) is 61.7 Å². The molecular weight excluding hydrogens is 382 g/mol. The first-order chi connectivity index (χ1) is 14.1. The third kappa shape index (κ3) is 6.98. The molecule has 2 aromatic carbocycles. The van der Waals surface area contributed by atoms with Gasteiger partial charge in [0.15, 0.2) is 5.82 Å². The minimum absolute atomic E-state index is 0.0552. The van der Waals surface area contributed by atoms with E-state index >= 15 is 0 Å². The molecule has 0 unspecified atom stereocenters. The summed E-state index contributed by atoms with van der Waals surface area (Å²) in [7, 11) is 0. The van der Waals surface area contributed by atoms with Gasteiger partial charge in [0.1, 0.15) is 5.75 Å². The largest absolute Gasteiger partial charge is 0.430 e. The quantitative estimate of drug-likeness (QED) is 0.474. The van der Waals surface area contributed by atoms with Crippen molar-refractivity contribution in [1.29, 1.82) is 0 Å². The van der Waals surface area contributed by atoms with E-state index in [4.69, 9.17) is 4.74 Å². The van der Waals surface area contributed by atoms with Crippen molar-refractivity contribution in [3.63, 3.8) is 0 Å². The van der Waals surface area contributed by atoms with Gasteiger partial charge in [-0.2, -0.15) is 9.36 Å². The summed E-state index contributed by atoms with van der Waals surface area (Å²) < 4.78 is 10.2. The van der Waals surface area contributed by atoms with E-state index in [2.05, 4.69) is 52.8 Å². The van der Waals surface area contributed by atoms with Crippen molar-refractivity contribution in [1.82, 2.24) is 14.7 Å². The van der Waals surface area contributed by atoms with Crippen LogP contribution >= 0.6 is 11.5 Å². The highest BCUT2D eigenvalue weighted by molar-refractivity contribution is 7.07. The number of carbonyl (C=O) groups excluding carboxylic acids is 1. The smallest absolute Gasteiger partial charge is 0.298 e. The number of rotatable bonds is 10. The average Bonchev–Trinajstić information content (AvgIpc) is 3.15. The molecule has 0 spiro atoms. The lowest BCUT2D eigenvalue weighted by molar-refractivity contribution is -0.120. The molecule has 0 aliphatic rings. The van der Waals surface area contributed by atoms with E-state index in [1.54, 1.807) is 0 Å². The van der Waals surface area contributed by atoms with Crippen LogP contribution in [0.2, 0.25) is 0 Å². The maximum atomic E-state index is 12.0. The van der Waals surface area contributed by atoms with Gasteiger partial charge < -0.3 is 10.1 Å². The van der Waals surface area contributed by atoms with Crippen molar-refractivity contribution in [3.05, 3.63) is 71.0 Å². The zero-order valence-electron chi connectivity index (χ0n) is 17.0. The number of benzene rings is 2. The van der Waals surface area contributed by atoms with Crippen molar-refractivity contribution in [3.8, 4) is 10.9 Å². The molecule has 0 saturated heterocycles. The Bertz CT molecular complexity index is 905. The summed E-state index contributed by atoms with van der Waals surface area (Å²) in [6.07, 6.45) is 4.39. The molecule has 0 aliphatic heterocycles. The summed E-state index contributed by atoms with van der Waals surface area (Å²) in [6, 6.07) is 15.9. The SMILES string of the molecule is CCCCCNC(=O)Cc1ccc(Oc2nc(Cc3ccc(C)cc3)ns2)cc1. The van der Waals surface area contributed by atoms with Gasteiger partial charge in [0.25, 0.3) is 5.19 Å². The van der Waals surface area contributed by atoms with Crippen LogP contribution in [0.5, 0.6) is 10.9 Å². The Hall–Kier alpha value is -2.73. The Balaban J connectivity index is 1.49. The summed E-state index contributed by atoms with van der Waals surface area (Å²) in [5.41, 5.74) is 3.38. The number of aryl methyl sites for hydroxylation is 1. The van der Waals surface area contributed by atoms with Crippen LogP contribution in [-0.4, -0.2) is 21.8 Å². The van der Waals surface area contributed by atoms with Gasteiger partial charge in [0, 0.05) is 24.5 Å². The molecule has 6 heteroatoms. The fraction of sp³-hybridized carbons (Fsp3) is 0.348. The monoisotopic (exact) mass is 409 g/mol. The molecule has 29 heavy (non-hydrogen) atoms. The Kier molecular flexibility index (Phi) is 7.76. The molecule has 1 amide bonds. The molecule has 0 aliphatic carbocycles. The van der Waals surface area contributed by atoms with Crippen molar-refractivity contribution >= 4 is 17.4 Å².